The van der Waals surface area contributed by atoms with Crippen molar-refractivity contribution in [1.29, 1.82) is 0 Å². The molecule has 0 unspecified atom stereocenters. The van der Waals surface area contributed by atoms with Crippen LogP contribution in [0.15, 0.2) is 48.5 Å². The summed E-state index contributed by atoms with van der Waals surface area (Å²) in [6.07, 6.45) is -4.30. The van der Waals surface area contributed by atoms with E-state index in [2.05, 4.69) is 15.4 Å². The summed E-state index contributed by atoms with van der Waals surface area (Å²) in [5, 5.41) is 7.05. The van der Waals surface area contributed by atoms with E-state index in [9.17, 15) is 18.0 Å². The number of rotatable bonds is 8. The van der Waals surface area contributed by atoms with Gasteiger partial charge < -0.3 is 10.1 Å². The number of nitrogens with zero attached hydrogens (tertiary/aromatic N) is 3. The summed E-state index contributed by atoms with van der Waals surface area (Å²) < 4.78 is 46.7. The molecule has 1 amide bonds. The molecule has 2 aromatic carbocycles. The van der Waals surface area contributed by atoms with E-state index in [0.717, 1.165) is 12.1 Å². The minimum atomic E-state index is -4.49. The van der Waals surface area contributed by atoms with Gasteiger partial charge in [0.25, 0.3) is 0 Å². The summed E-state index contributed by atoms with van der Waals surface area (Å²) in [6, 6.07) is 11.6. The van der Waals surface area contributed by atoms with Gasteiger partial charge >= 0.3 is 12.2 Å². The van der Waals surface area contributed by atoms with E-state index in [-0.39, 0.29) is 41.5 Å². The number of ether oxygens (including phenoxy) is 1. The summed E-state index contributed by atoms with van der Waals surface area (Å²) in [5.74, 6) is 0.411. The van der Waals surface area contributed by atoms with E-state index in [4.69, 9.17) is 16.3 Å². The summed E-state index contributed by atoms with van der Waals surface area (Å²) in [5.41, 5.74) is 0.554. The number of amides is 1. The van der Waals surface area contributed by atoms with Crippen molar-refractivity contribution in [2.45, 2.75) is 26.4 Å². The number of halogens is 4. The second-order valence-corrected chi connectivity index (χ2v) is 7.83. The Kier molecular flexibility index (Phi) is 7.40. The second-order valence-electron chi connectivity index (χ2n) is 7.45. The van der Waals surface area contributed by atoms with Crippen LogP contribution in [0.3, 0.4) is 0 Å². The highest BCUT2D eigenvalue weighted by molar-refractivity contribution is 6.19. The zero-order valence-electron chi connectivity index (χ0n) is 17.5. The predicted octanol–water partition coefficient (Wildman–Crippen LogP) is 5.56. The van der Waals surface area contributed by atoms with Crippen LogP contribution >= 0.6 is 11.6 Å². The Morgan fingerprint density at radius 2 is 1.91 bits per heavy atom. The van der Waals surface area contributed by atoms with Crippen LogP contribution in [0.25, 0.3) is 17.1 Å². The molecular formula is C22H22ClF3N4O2. The standard InChI is InChI=1S/C22H22ClF3N4O2/c1-14(2)13-32-21-28-20(15-4-3-5-16(12-15)22(24,25)26)30(29-21)18-8-6-17(7-9-18)27-19(31)10-11-23/h3-9,12,14H,10-11,13H2,1-2H3,(H,27,31). The second kappa shape index (κ2) is 10.0. The third kappa shape index (κ3) is 6.00. The first kappa shape index (κ1) is 23.6. The Hall–Kier alpha value is -3.07. The summed E-state index contributed by atoms with van der Waals surface area (Å²) in [7, 11) is 0. The molecule has 0 saturated carbocycles. The number of hydrogen-bond donors (Lipinski definition) is 1. The van der Waals surface area contributed by atoms with Crippen LogP contribution in [0.2, 0.25) is 0 Å². The number of anilines is 1. The lowest BCUT2D eigenvalue weighted by Gasteiger charge is -2.10. The van der Waals surface area contributed by atoms with Crippen LogP contribution in [-0.2, 0) is 11.0 Å². The molecule has 170 valence electrons. The molecule has 3 aromatic rings. The van der Waals surface area contributed by atoms with Crippen molar-refractivity contribution in [3.05, 3.63) is 54.1 Å². The highest BCUT2D eigenvalue weighted by Crippen LogP contribution is 2.33. The zero-order chi connectivity index (χ0) is 23.3. The topological polar surface area (TPSA) is 69.0 Å². The Balaban J connectivity index is 1.98. The lowest BCUT2D eigenvalue weighted by molar-refractivity contribution is -0.137. The van der Waals surface area contributed by atoms with Gasteiger partial charge in [-0.05, 0) is 42.3 Å². The van der Waals surface area contributed by atoms with E-state index < -0.39 is 11.7 Å². The third-order valence-electron chi connectivity index (χ3n) is 4.30. The van der Waals surface area contributed by atoms with Crippen LogP contribution in [-0.4, -0.2) is 33.2 Å². The van der Waals surface area contributed by atoms with Crippen molar-refractivity contribution in [3.8, 4) is 23.1 Å². The van der Waals surface area contributed by atoms with Crippen LogP contribution < -0.4 is 10.1 Å². The van der Waals surface area contributed by atoms with Gasteiger partial charge in [0.05, 0.1) is 17.9 Å². The normalized spacial score (nSPS) is 11.6. The lowest BCUT2D eigenvalue weighted by atomic mass is 10.1. The van der Waals surface area contributed by atoms with Gasteiger partial charge in [-0.25, -0.2) is 4.68 Å². The maximum atomic E-state index is 13.2. The number of nitrogens with one attached hydrogen (secondary N) is 1. The van der Waals surface area contributed by atoms with Crippen molar-refractivity contribution in [1.82, 2.24) is 14.8 Å². The fraction of sp³-hybridized carbons (Fsp3) is 0.318. The molecule has 0 saturated heterocycles. The monoisotopic (exact) mass is 466 g/mol. The van der Waals surface area contributed by atoms with Crippen LogP contribution in [0.1, 0.15) is 25.8 Å². The molecule has 0 radical (unpaired) electrons. The molecule has 0 fully saturated rings. The average molecular weight is 467 g/mol. The van der Waals surface area contributed by atoms with E-state index in [0.29, 0.717) is 18.0 Å². The quantitative estimate of drug-likeness (QED) is 0.441. The Morgan fingerprint density at radius 3 is 2.53 bits per heavy atom. The first-order valence-electron chi connectivity index (χ1n) is 9.91. The molecule has 0 aliphatic heterocycles. The van der Waals surface area contributed by atoms with Crippen LogP contribution in [0.4, 0.5) is 18.9 Å². The molecule has 0 atom stereocenters. The van der Waals surface area contributed by atoms with Gasteiger partial charge in [0.1, 0.15) is 0 Å². The molecule has 0 aliphatic rings. The molecule has 1 aromatic heterocycles. The molecule has 1 N–H and O–H groups in total. The molecule has 0 aliphatic carbocycles. The minimum absolute atomic E-state index is 0.0607. The van der Waals surface area contributed by atoms with Gasteiger partial charge in [-0.3, -0.25) is 4.79 Å². The molecule has 0 spiro atoms. The Bertz CT molecular complexity index is 1070. The highest BCUT2D eigenvalue weighted by Gasteiger charge is 2.31. The lowest BCUT2D eigenvalue weighted by Crippen LogP contribution is -2.11. The van der Waals surface area contributed by atoms with E-state index in [1.54, 1.807) is 24.3 Å². The number of carbonyl (C=O) groups is 1. The molecule has 6 nitrogen and oxygen atoms in total. The third-order valence-corrected chi connectivity index (χ3v) is 4.49. The van der Waals surface area contributed by atoms with E-state index >= 15 is 0 Å². The molecule has 3 rings (SSSR count). The SMILES string of the molecule is CC(C)COc1nc(-c2cccc(C(F)(F)F)c2)n(-c2ccc(NC(=O)CCCl)cc2)n1. The summed E-state index contributed by atoms with van der Waals surface area (Å²) >= 11 is 5.57. The number of benzene rings is 2. The van der Waals surface area contributed by atoms with Crippen molar-refractivity contribution < 1.29 is 22.7 Å². The maximum absolute atomic E-state index is 13.2. The minimum Gasteiger partial charge on any atom is -0.462 e. The highest BCUT2D eigenvalue weighted by atomic mass is 35.5. The summed E-state index contributed by atoms with van der Waals surface area (Å²) in [4.78, 5) is 16.0. The summed E-state index contributed by atoms with van der Waals surface area (Å²) in [6.45, 7) is 4.28. The van der Waals surface area contributed by atoms with Crippen LogP contribution in [0, 0.1) is 5.92 Å². The number of hydrogen-bond acceptors (Lipinski definition) is 4. The predicted molar refractivity (Wildman–Crippen MR) is 116 cm³/mol. The molecule has 1 heterocycles. The number of carbonyl (C=O) groups excluding carboxylic acids is 1. The van der Waals surface area contributed by atoms with Gasteiger partial charge in [0, 0.05) is 23.6 Å². The Morgan fingerprint density at radius 1 is 1.19 bits per heavy atom. The van der Waals surface area contributed by atoms with Gasteiger partial charge in [-0.1, -0.05) is 26.0 Å². The van der Waals surface area contributed by atoms with Gasteiger partial charge in [0.2, 0.25) is 5.91 Å². The first-order chi connectivity index (χ1) is 15.2. The van der Waals surface area contributed by atoms with Crippen molar-refractivity contribution in [2.24, 2.45) is 5.92 Å². The fourth-order valence-corrected chi connectivity index (χ4v) is 2.96. The maximum Gasteiger partial charge on any atom is 0.416 e. The Labute approximate surface area is 188 Å². The van der Waals surface area contributed by atoms with E-state index in [1.165, 1.54) is 16.8 Å². The smallest absolute Gasteiger partial charge is 0.416 e. The van der Waals surface area contributed by atoms with Crippen molar-refractivity contribution in [2.75, 3.05) is 17.8 Å². The van der Waals surface area contributed by atoms with Gasteiger partial charge in [-0.2, -0.15) is 18.2 Å². The van der Waals surface area contributed by atoms with E-state index in [1.807, 2.05) is 13.8 Å². The van der Waals surface area contributed by atoms with Crippen molar-refractivity contribution >= 4 is 23.2 Å². The van der Waals surface area contributed by atoms with Gasteiger partial charge in [-0.15, -0.1) is 16.7 Å². The van der Waals surface area contributed by atoms with Crippen LogP contribution in [0.5, 0.6) is 6.01 Å². The molecule has 32 heavy (non-hydrogen) atoms. The number of alkyl halides is 4. The number of aromatic nitrogens is 3. The molecule has 10 heteroatoms. The average Bonchev–Trinajstić information content (AvgIpc) is 3.17. The first-order valence-corrected chi connectivity index (χ1v) is 10.4. The molecule has 0 bridgehead atoms. The van der Waals surface area contributed by atoms with Crippen molar-refractivity contribution in [3.63, 3.8) is 0 Å². The largest absolute Gasteiger partial charge is 0.462 e. The fourth-order valence-electron chi connectivity index (χ4n) is 2.79. The van der Waals surface area contributed by atoms with Gasteiger partial charge in [0.15, 0.2) is 5.82 Å². The zero-order valence-corrected chi connectivity index (χ0v) is 18.2. The molecular weight excluding hydrogens is 445 g/mol.